The molecule has 4 heteroatoms. The molecule has 0 aliphatic carbocycles. The second kappa shape index (κ2) is 5.29. The van der Waals surface area contributed by atoms with E-state index in [0.29, 0.717) is 12.2 Å². The minimum absolute atomic E-state index is 0.0708. The number of carbonyl (C=O) groups is 1. The first-order valence-electron chi connectivity index (χ1n) is 6.55. The first kappa shape index (κ1) is 13.2. The Hall–Kier alpha value is -1.81. The normalized spacial score (nSPS) is 14.2. The predicted octanol–water partition coefficient (Wildman–Crippen LogP) is 3.23. The van der Waals surface area contributed by atoms with Crippen molar-refractivity contribution in [3.8, 4) is 0 Å². The standard InChI is InChI=1S/C16H15BrN2O/c17-13-4-1-11(2-5-13)10-19-8-7-12-3-6-14(18)9-15(12)16(19)20/h1-6,9H,7-8,10,18H2. The van der Waals surface area contributed by atoms with Gasteiger partial charge in [0, 0.05) is 28.8 Å². The first-order chi connectivity index (χ1) is 9.63. The summed E-state index contributed by atoms with van der Waals surface area (Å²) in [4.78, 5) is 14.4. The molecule has 1 amide bonds. The molecule has 2 N–H and O–H groups in total. The molecule has 0 fully saturated rings. The minimum Gasteiger partial charge on any atom is -0.399 e. The third kappa shape index (κ3) is 2.56. The summed E-state index contributed by atoms with van der Waals surface area (Å²) in [6, 6.07) is 13.7. The number of fused-ring (bicyclic) bond motifs is 1. The maximum absolute atomic E-state index is 12.5. The van der Waals surface area contributed by atoms with Gasteiger partial charge >= 0.3 is 0 Å². The van der Waals surface area contributed by atoms with E-state index >= 15 is 0 Å². The quantitative estimate of drug-likeness (QED) is 0.859. The summed E-state index contributed by atoms with van der Waals surface area (Å²) in [5.74, 6) is 0.0708. The molecule has 0 unspecified atom stereocenters. The Morgan fingerprint density at radius 1 is 1.15 bits per heavy atom. The number of halogens is 1. The summed E-state index contributed by atoms with van der Waals surface area (Å²) in [6.45, 7) is 1.40. The molecule has 0 atom stereocenters. The Morgan fingerprint density at radius 2 is 1.90 bits per heavy atom. The fourth-order valence-electron chi connectivity index (χ4n) is 2.50. The van der Waals surface area contributed by atoms with Crippen molar-refractivity contribution in [2.75, 3.05) is 12.3 Å². The van der Waals surface area contributed by atoms with Crippen molar-refractivity contribution in [2.45, 2.75) is 13.0 Å². The topological polar surface area (TPSA) is 46.3 Å². The number of benzene rings is 2. The number of amides is 1. The highest BCUT2D eigenvalue weighted by Crippen LogP contribution is 2.23. The molecule has 0 saturated heterocycles. The zero-order valence-electron chi connectivity index (χ0n) is 11.0. The summed E-state index contributed by atoms with van der Waals surface area (Å²) in [5.41, 5.74) is 9.39. The van der Waals surface area contributed by atoms with E-state index in [1.54, 1.807) is 6.07 Å². The SMILES string of the molecule is Nc1ccc2c(c1)C(=O)N(Cc1ccc(Br)cc1)CC2. The van der Waals surface area contributed by atoms with Crippen molar-refractivity contribution >= 4 is 27.5 Å². The Kier molecular flexibility index (Phi) is 3.49. The molecule has 0 bridgehead atoms. The highest BCUT2D eigenvalue weighted by Gasteiger charge is 2.24. The molecule has 1 heterocycles. The van der Waals surface area contributed by atoms with Gasteiger partial charge in [0.25, 0.3) is 5.91 Å². The smallest absolute Gasteiger partial charge is 0.254 e. The summed E-state index contributed by atoms with van der Waals surface area (Å²) in [7, 11) is 0. The average Bonchev–Trinajstić information content (AvgIpc) is 2.45. The highest BCUT2D eigenvalue weighted by molar-refractivity contribution is 9.10. The summed E-state index contributed by atoms with van der Waals surface area (Å²) >= 11 is 3.42. The van der Waals surface area contributed by atoms with E-state index in [9.17, 15) is 4.79 Å². The van der Waals surface area contributed by atoms with Gasteiger partial charge in [0.15, 0.2) is 0 Å². The Bertz CT molecular complexity index is 652. The molecule has 2 aromatic carbocycles. The van der Waals surface area contributed by atoms with Crippen LogP contribution in [-0.2, 0) is 13.0 Å². The largest absolute Gasteiger partial charge is 0.399 e. The molecule has 0 radical (unpaired) electrons. The summed E-state index contributed by atoms with van der Waals surface area (Å²) in [5, 5.41) is 0. The van der Waals surface area contributed by atoms with Crippen molar-refractivity contribution in [1.82, 2.24) is 4.90 Å². The van der Waals surface area contributed by atoms with Gasteiger partial charge in [0.1, 0.15) is 0 Å². The van der Waals surface area contributed by atoms with Gasteiger partial charge in [0.2, 0.25) is 0 Å². The van der Waals surface area contributed by atoms with Crippen molar-refractivity contribution in [1.29, 1.82) is 0 Å². The number of rotatable bonds is 2. The van der Waals surface area contributed by atoms with Gasteiger partial charge in [-0.15, -0.1) is 0 Å². The second-order valence-corrected chi connectivity index (χ2v) is 5.94. The van der Waals surface area contributed by atoms with E-state index in [4.69, 9.17) is 5.73 Å². The lowest BCUT2D eigenvalue weighted by Crippen LogP contribution is -2.37. The number of hydrogen-bond donors (Lipinski definition) is 1. The number of nitrogen functional groups attached to an aromatic ring is 1. The molecule has 1 aliphatic rings. The van der Waals surface area contributed by atoms with Crippen LogP contribution in [0.25, 0.3) is 0 Å². The summed E-state index contributed by atoms with van der Waals surface area (Å²) in [6.07, 6.45) is 0.887. The Morgan fingerprint density at radius 3 is 2.65 bits per heavy atom. The van der Waals surface area contributed by atoms with Crippen LogP contribution in [0.1, 0.15) is 21.5 Å². The molecule has 0 aromatic heterocycles. The van der Waals surface area contributed by atoms with Crippen LogP contribution >= 0.6 is 15.9 Å². The second-order valence-electron chi connectivity index (χ2n) is 5.02. The summed E-state index contributed by atoms with van der Waals surface area (Å²) < 4.78 is 1.05. The molecule has 20 heavy (non-hydrogen) atoms. The Balaban J connectivity index is 1.83. The number of nitrogens with two attached hydrogens (primary N) is 1. The van der Waals surface area contributed by atoms with Gasteiger partial charge in [-0.2, -0.15) is 0 Å². The number of hydrogen-bond acceptors (Lipinski definition) is 2. The lowest BCUT2D eigenvalue weighted by molar-refractivity contribution is 0.0727. The van der Waals surface area contributed by atoms with Crippen molar-refractivity contribution in [2.24, 2.45) is 0 Å². The molecule has 0 saturated carbocycles. The van der Waals surface area contributed by atoms with Crippen LogP contribution in [0.3, 0.4) is 0 Å². The lowest BCUT2D eigenvalue weighted by Gasteiger charge is -2.28. The van der Waals surface area contributed by atoms with E-state index in [2.05, 4.69) is 15.9 Å². The van der Waals surface area contributed by atoms with Crippen LogP contribution in [-0.4, -0.2) is 17.4 Å². The lowest BCUT2D eigenvalue weighted by atomic mass is 9.98. The number of carbonyl (C=O) groups excluding carboxylic acids is 1. The predicted molar refractivity (Wildman–Crippen MR) is 83.4 cm³/mol. The molecular weight excluding hydrogens is 316 g/mol. The Labute approximate surface area is 126 Å². The molecular formula is C16H15BrN2O. The van der Waals surface area contributed by atoms with Crippen LogP contribution in [0, 0.1) is 0 Å². The molecule has 3 rings (SSSR count). The van der Waals surface area contributed by atoms with Gasteiger partial charge in [0.05, 0.1) is 0 Å². The first-order valence-corrected chi connectivity index (χ1v) is 7.35. The third-order valence-electron chi connectivity index (χ3n) is 3.59. The maximum atomic E-state index is 12.5. The van der Waals surface area contributed by atoms with Gasteiger partial charge in [-0.1, -0.05) is 34.1 Å². The molecule has 0 spiro atoms. The van der Waals surface area contributed by atoms with E-state index in [1.807, 2.05) is 41.3 Å². The zero-order valence-corrected chi connectivity index (χ0v) is 12.6. The average molecular weight is 331 g/mol. The van der Waals surface area contributed by atoms with Gasteiger partial charge < -0.3 is 10.6 Å². The van der Waals surface area contributed by atoms with Crippen LogP contribution in [0.2, 0.25) is 0 Å². The maximum Gasteiger partial charge on any atom is 0.254 e. The van der Waals surface area contributed by atoms with Crippen molar-refractivity contribution in [3.63, 3.8) is 0 Å². The van der Waals surface area contributed by atoms with Crippen molar-refractivity contribution in [3.05, 3.63) is 63.6 Å². The zero-order chi connectivity index (χ0) is 14.1. The third-order valence-corrected chi connectivity index (χ3v) is 4.12. The van der Waals surface area contributed by atoms with E-state index in [-0.39, 0.29) is 5.91 Å². The highest BCUT2D eigenvalue weighted by atomic mass is 79.9. The molecule has 3 nitrogen and oxygen atoms in total. The van der Waals surface area contributed by atoms with Gasteiger partial charge in [-0.25, -0.2) is 0 Å². The molecule has 2 aromatic rings. The van der Waals surface area contributed by atoms with E-state index in [0.717, 1.165) is 34.1 Å². The number of anilines is 1. The monoisotopic (exact) mass is 330 g/mol. The number of nitrogens with zero attached hydrogens (tertiary/aromatic N) is 1. The van der Waals surface area contributed by atoms with Gasteiger partial charge in [-0.3, -0.25) is 4.79 Å². The van der Waals surface area contributed by atoms with Crippen LogP contribution in [0.15, 0.2) is 46.9 Å². The fraction of sp³-hybridized carbons (Fsp3) is 0.188. The van der Waals surface area contributed by atoms with E-state index in [1.165, 1.54) is 0 Å². The van der Waals surface area contributed by atoms with Crippen molar-refractivity contribution < 1.29 is 4.79 Å². The molecule has 1 aliphatic heterocycles. The van der Waals surface area contributed by atoms with E-state index < -0.39 is 0 Å². The van der Waals surface area contributed by atoms with Crippen LogP contribution < -0.4 is 5.73 Å². The van der Waals surface area contributed by atoms with Gasteiger partial charge in [-0.05, 0) is 41.8 Å². The van der Waals surface area contributed by atoms with Crippen LogP contribution in [0.4, 0.5) is 5.69 Å². The fourth-order valence-corrected chi connectivity index (χ4v) is 2.76. The van der Waals surface area contributed by atoms with Crippen LogP contribution in [0.5, 0.6) is 0 Å². The minimum atomic E-state index is 0.0708. The molecule has 102 valence electrons.